The van der Waals surface area contributed by atoms with Crippen LogP contribution in [0.1, 0.15) is 20.8 Å². The van der Waals surface area contributed by atoms with Gasteiger partial charge in [0.25, 0.3) is 5.91 Å². The Hall–Kier alpha value is -2.66. The average molecular weight is 323 g/mol. The number of rotatable bonds is 4. The highest BCUT2D eigenvalue weighted by Crippen LogP contribution is 2.23. The van der Waals surface area contributed by atoms with Crippen molar-refractivity contribution >= 4 is 34.4 Å². The van der Waals surface area contributed by atoms with Gasteiger partial charge >= 0.3 is 0 Å². The van der Waals surface area contributed by atoms with Crippen LogP contribution in [0.3, 0.4) is 0 Å². The predicted molar refractivity (Wildman–Crippen MR) is 95.7 cm³/mol. The van der Waals surface area contributed by atoms with Crippen LogP contribution >= 0.6 is 11.3 Å². The molecule has 0 saturated heterocycles. The van der Waals surface area contributed by atoms with E-state index in [9.17, 15) is 4.79 Å². The van der Waals surface area contributed by atoms with Crippen molar-refractivity contribution in [1.82, 2.24) is 4.98 Å². The zero-order chi connectivity index (χ0) is 16.2. The molecule has 0 saturated carbocycles. The lowest BCUT2D eigenvalue weighted by Crippen LogP contribution is -2.11. The number of aromatic nitrogens is 1. The van der Waals surface area contributed by atoms with E-state index in [-0.39, 0.29) is 5.91 Å². The van der Waals surface area contributed by atoms with Gasteiger partial charge in [0.05, 0.1) is 16.8 Å². The molecule has 116 valence electrons. The van der Waals surface area contributed by atoms with E-state index < -0.39 is 0 Å². The lowest BCUT2D eigenvalue weighted by atomic mass is 10.1. The Kier molecular flexibility index (Phi) is 4.39. The van der Waals surface area contributed by atoms with Gasteiger partial charge in [-0.05, 0) is 54.6 Å². The molecule has 0 radical (unpaired) electrons. The molecule has 1 aromatic carbocycles. The molecule has 3 rings (SSSR count). The lowest BCUT2D eigenvalue weighted by molar-refractivity contribution is 0.103. The first-order valence-electron chi connectivity index (χ1n) is 7.27. The molecule has 2 heterocycles. The molecule has 0 atom stereocenters. The van der Waals surface area contributed by atoms with Crippen molar-refractivity contribution in [3.05, 3.63) is 70.0 Å². The van der Waals surface area contributed by atoms with E-state index in [0.717, 1.165) is 11.4 Å². The minimum atomic E-state index is -0.136. The first kappa shape index (κ1) is 15.2. The van der Waals surface area contributed by atoms with E-state index in [2.05, 4.69) is 35.5 Å². The Morgan fingerprint density at radius 3 is 2.65 bits per heavy atom. The standard InChI is InChI=1S/C18H17N3OS/c1-12-5-3-6-15(13(12)2)20-14-8-9-17(19-11-14)21-18(22)16-7-4-10-23-16/h3-11,20H,1-2H3,(H,19,21,22). The summed E-state index contributed by atoms with van der Waals surface area (Å²) in [5, 5.41) is 8.01. The fourth-order valence-corrected chi connectivity index (χ4v) is 2.79. The minimum absolute atomic E-state index is 0.136. The van der Waals surface area contributed by atoms with Crippen LogP contribution in [-0.4, -0.2) is 10.9 Å². The first-order chi connectivity index (χ1) is 11.1. The van der Waals surface area contributed by atoms with Crippen LogP contribution in [-0.2, 0) is 0 Å². The van der Waals surface area contributed by atoms with Crippen LogP contribution in [0, 0.1) is 13.8 Å². The van der Waals surface area contributed by atoms with Crippen LogP contribution in [0.25, 0.3) is 0 Å². The van der Waals surface area contributed by atoms with Gasteiger partial charge in [0, 0.05) is 5.69 Å². The van der Waals surface area contributed by atoms with Crippen molar-refractivity contribution in [2.45, 2.75) is 13.8 Å². The van der Waals surface area contributed by atoms with Crippen molar-refractivity contribution in [3.8, 4) is 0 Å². The van der Waals surface area contributed by atoms with E-state index in [1.807, 2.05) is 29.6 Å². The minimum Gasteiger partial charge on any atom is -0.354 e. The monoisotopic (exact) mass is 323 g/mol. The molecular weight excluding hydrogens is 306 g/mol. The molecule has 0 bridgehead atoms. The van der Waals surface area contributed by atoms with E-state index in [0.29, 0.717) is 10.7 Å². The molecule has 23 heavy (non-hydrogen) atoms. The summed E-state index contributed by atoms with van der Waals surface area (Å²) in [6.07, 6.45) is 1.71. The third-order valence-electron chi connectivity index (χ3n) is 3.63. The van der Waals surface area contributed by atoms with Gasteiger partial charge in [0.2, 0.25) is 0 Å². The number of pyridine rings is 1. The van der Waals surface area contributed by atoms with Gasteiger partial charge in [-0.2, -0.15) is 0 Å². The number of aryl methyl sites for hydroxylation is 1. The smallest absolute Gasteiger partial charge is 0.266 e. The summed E-state index contributed by atoms with van der Waals surface area (Å²) < 4.78 is 0. The van der Waals surface area contributed by atoms with E-state index >= 15 is 0 Å². The van der Waals surface area contributed by atoms with Crippen molar-refractivity contribution in [2.75, 3.05) is 10.6 Å². The number of nitrogens with zero attached hydrogens (tertiary/aromatic N) is 1. The van der Waals surface area contributed by atoms with Crippen molar-refractivity contribution in [3.63, 3.8) is 0 Å². The zero-order valence-electron chi connectivity index (χ0n) is 13.0. The number of nitrogens with one attached hydrogen (secondary N) is 2. The van der Waals surface area contributed by atoms with Gasteiger partial charge in [-0.25, -0.2) is 4.98 Å². The Morgan fingerprint density at radius 1 is 1.09 bits per heavy atom. The molecule has 0 aliphatic carbocycles. The topological polar surface area (TPSA) is 54.0 Å². The molecule has 4 nitrogen and oxygen atoms in total. The van der Waals surface area contributed by atoms with Crippen LogP contribution in [0.5, 0.6) is 0 Å². The summed E-state index contributed by atoms with van der Waals surface area (Å²) in [7, 11) is 0. The molecule has 2 aromatic heterocycles. The number of thiophene rings is 1. The number of carbonyl (C=O) groups is 1. The van der Waals surface area contributed by atoms with Crippen LogP contribution in [0.15, 0.2) is 54.0 Å². The summed E-state index contributed by atoms with van der Waals surface area (Å²) in [5.74, 6) is 0.401. The highest BCUT2D eigenvalue weighted by Gasteiger charge is 2.07. The number of hydrogen-bond acceptors (Lipinski definition) is 4. The largest absolute Gasteiger partial charge is 0.354 e. The summed E-state index contributed by atoms with van der Waals surface area (Å²) in [6.45, 7) is 4.17. The number of hydrogen-bond donors (Lipinski definition) is 2. The van der Waals surface area contributed by atoms with Crippen molar-refractivity contribution < 1.29 is 4.79 Å². The lowest BCUT2D eigenvalue weighted by Gasteiger charge is -2.11. The van der Waals surface area contributed by atoms with Gasteiger partial charge in [0.1, 0.15) is 5.82 Å². The zero-order valence-corrected chi connectivity index (χ0v) is 13.8. The number of benzene rings is 1. The average Bonchev–Trinajstić information content (AvgIpc) is 3.08. The third kappa shape index (κ3) is 3.57. The van der Waals surface area contributed by atoms with Crippen LogP contribution < -0.4 is 10.6 Å². The summed E-state index contributed by atoms with van der Waals surface area (Å²) in [6, 6.07) is 13.5. The summed E-state index contributed by atoms with van der Waals surface area (Å²) in [5.41, 5.74) is 4.39. The maximum absolute atomic E-state index is 12.0. The second-order valence-corrected chi connectivity index (χ2v) is 6.18. The number of amides is 1. The van der Waals surface area contributed by atoms with Crippen LogP contribution in [0.2, 0.25) is 0 Å². The Balaban J connectivity index is 1.70. The normalized spacial score (nSPS) is 10.3. The van der Waals surface area contributed by atoms with Gasteiger partial charge in [0.15, 0.2) is 0 Å². The van der Waals surface area contributed by atoms with Crippen molar-refractivity contribution in [2.24, 2.45) is 0 Å². The van der Waals surface area contributed by atoms with E-state index in [1.165, 1.54) is 22.5 Å². The molecule has 1 amide bonds. The van der Waals surface area contributed by atoms with E-state index in [4.69, 9.17) is 0 Å². The summed E-state index contributed by atoms with van der Waals surface area (Å²) >= 11 is 1.41. The maximum Gasteiger partial charge on any atom is 0.266 e. The molecule has 0 spiro atoms. The summed E-state index contributed by atoms with van der Waals surface area (Å²) in [4.78, 5) is 16.9. The second kappa shape index (κ2) is 6.62. The van der Waals surface area contributed by atoms with Gasteiger partial charge < -0.3 is 10.6 Å². The SMILES string of the molecule is Cc1cccc(Nc2ccc(NC(=O)c3cccs3)nc2)c1C. The fourth-order valence-electron chi connectivity index (χ4n) is 2.17. The highest BCUT2D eigenvalue weighted by molar-refractivity contribution is 7.12. The van der Waals surface area contributed by atoms with Gasteiger partial charge in [-0.15, -0.1) is 11.3 Å². The first-order valence-corrected chi connectivity index (χ1v) is 8.15. The van der Waals surface area contributed by atoms with E-state index in [1.54, 1.807) is 18.3 Å². The Bertz CT molecular complexity index is 811. The third-order valence-corrected chi connectivity index (χ3v) is 4.50. The molecular formula is C18H17N3OS. The molecule has 5 heteroatoms. The molecule has 0 aliphatic heterocycles. The molecule has 0 aliphatic rings. The Labute approximate surface area is 139 Å². The van der Waals surface area contributed by atoms with Crippen molar-refractivity contribution in [1.29, 1.82) is 0 Å². The van der Waals surface area contributed by atoms with Gasteiger partial charge in [-0.1, -0.05) is 18.2 Å². The second-order valence-electron chi connectivity index (χ2n) is 5.24. The number of anilines is 3. The Morgan fingerprint density at radius 2 is 1.96 bits per heavy atom. The maximum atomic E-state index is 12.0. The molecule has 0 unspecified atom stereocenters. The molecule has 0 fully saturated rings. The fraction of sp³-hybridized carbons (Fsp3) is 0.111. The van der Waals surface area contributed by atoms with Crippen LogP contribution in [0.4, 0.5) is 17.2 Å². The quantitative estimate of drug-likeness (QED) is 0.728. The van der Waals surface area contributed by atoms with Gasteiger partial charge in [-0.3, -0.25) is 4.79 Å². The molecule has 2 N–H and O–H groups in total. The predicted octanol–water partition coefficient (Wildman–Crippen LogP) is 4.76. The highest BCUT2D eigenvalue weighted by atomic mass is 32.1. The molecule has 3 aromatic rings. The number of carbonyl (C=O) groups excluding carboxylic acids is 1.